The van der Waals surface area contributed by atoms with Crippen LogP contribution in [-0.2, 0) is 4.74 Å². The molecule has 22 heavy (non-hydrogen) atoms. The molecule has 1 aliphatic rings. The van der Waals surface area contributed by atoms with Crippen molar-refractivity contribution in [1.82, 2.24) is 15.5 Å². The number of rotatable bonds is 9. The number of hydrogen-bond acceptors (Lipinski definition) is 3. The smallest absolute Gasteiger partial charge is 0.191 e. The summed E-state index contributed by atoms with van der Waals surface area (Å²) in [7, 11) is 1.83. The molecule has 1 heterocycles. The van der Waals surface area contributed by atoms with Gasteiger partial charge in [0.25, 0.3) is 0 Å². The molecule has 5 nitrogen and oxygen atoms in total. The molecule has 1 aliphatic heterocycles. The van der Waals surface area contributed by atoms with Gasteiger partial charge >= 0.3 is 0 Å². The molecule has 0 saturated carbocycles. The van der Waals surface area contributed by atoms with Crippen molar-refractivity contribution in [1.29, 1.82) is 0 Å². The van der Waals surface area contributed by atoms with Crippen LogP contribution in [-0.4, -0.2) is 63.3 Å². The van der Waals surface area contributed by atoms with E-state index in [1.165, 1.54) is 13.0 Å². The van der Waals surface area contributed by atoms with E-state index in [-0.39, 0.29) is 29.4 Å². The fraction of sp³-hybridized carbons (Fsp3) is 0.938. The summed E-state index contributed by atoms with van der Waals surface area (Å²) >= 11 is 0. The topological polar surface area (TPSA) is 48.9 Å². The molecule has 1 rings (SSSR count). The highest BCUT2D eigenvalue weighted by Gasteiger charge is 2.33. The minimum absolute atomic E-state index is 0. The number of nitrogens with zero attached hydrogens (tertiary/aromatic N) is 2. The average Bonchev–Trinajstić information content (AvgIpc) is 2.46. The predicted molar refractivity (Wildman–Crippen MR) is 105 cm³/mol. The van der Waals surface area contributed by atoms with Gasteiger partial charge in [-0.1, -0.05) is 20.8 Å². The summed E-state index contributed by atoms with van der Waals surface area (Å²) in [6.45, 7) is 15.0. The Morgan fingerprint density at radius 1 is 1.32 bits per heavy atom. The van der Waals surface area contributed by atoms with Crippen LogP contribution in [0.2, 0.25) is 0 Å². The Morgan fingerprint density at radius 3 is 2.41 bits per heavy atom. The summed E-state index contributed by atoms with van der Waals surface area (Å²) < 4.78 is 5.28. The van der Waals surface area contributed by atoms with Gasteiger partial charge in [0, 0.05) is 25.0 Å². The summed E-state index contributed by atoms with van der Waals surface area (Å²) in [4.78, 5) is 6.78. The van der Waals surface area contributed by atoms with Crippen molar-refractivity contribution in [3.05, 3.63) is 0 Å². The maximum atomic E-state index is 5.28. The monoisotopic (exact) mass is 426 g/mol. The van der Waals surface area contributed by atoms with E-state index < -0.39 is 0 Å². The van der Waals surface area contributed by atoms with Crippen LogP contribution >= 0.6 is 24.0 Å². The number of aliphatic imine (C=N–C) groups is 1. The first-order valence-corrected chi connectivity index (χ1v) is 8.30. The van der Waals surface area contributed by atoms with Crippen LogP contribution in [0.4, 0.5) is 0 Å². The maximum Gasteiger partial charge on any atom is 0.191 e. The lowest BCUT2D eigenvalue weighted by molar-refractivity contribution is -0.0971. The molecule has 1 unspecified atom stereocenters. The Balaban J connectivity index is 0.00000441. The van der Waals surface area contributed by atoms with E-state index in [0.717, 1.165) is 45.2 Å². The molecule has 1 fully saturated rings. The first-order valence-electron chi connectivity index (χ1n) is 8.30. The molecule has 0 aromatic rings. The Kier molecular flexibility index (Phi) is 11.4. The van der Waals surface area contributed by atoms with Gasteiger partial charge in [-0.15, -0.1) is 24.0 Å². The van der Waals surface area contributed by atoms with Gasteiger partial charge < -0.3 is 20.3 Å². The molecule has 6 heteroatoms. The van der Waals surface area contributed by atoms with Gasteiger partial charge in [0.05, 0.1) is 13.2 Å². The molecule has 2 N–H and O–H groups in total. The fourth-order valence-electron chi connectivity index (χ4n) is 2.51. The molecule has 0 spiro atoms. The van der Waals surface area contributed by atoms with Gasteiger partial charge in [-0.2, -0.15) is 0 Å². The highest BCUT2D eigenvalue weighted by molar-refractivity contribution is 14.0. The van der Waals surface area contributed by atoms with Crippen molar-refractivity contribution in [3.63, 3.8) is 0 Å². The summed E-state index contributed by atoms with van der Waals surface area (Å²) in [5.41, 5.74) is 0.267. The quantitative estimate of drug-likeness (QED) is 0.338. The van der Waals surface area contributed by atoms with Crippen LogP contribution < -0.4 is 10.6 Å². The molecule has 1 saturated heterocycles. The first kappa shape index (κ1) is 21.9. The van der Waals surface area contributed by atoms with E-state index in [4.69, 9.17) is 4.74 Å². The van der Waals surface area contributed by atoms with Gasteiger partial charge in [-0.05, 0) is 39.4 Å². The minimum Gasteiger partial charge on any atom is -0.380 e. The molecule has 0 bridgehead atoms. The standard InChI is InChI=1S/C16H34N4O.HI/c1-6-20(7-2)10-8-9-14(3)19-15(17-5)18-11-16(4)12-21-13-16;/h14H,6-13H2,1-5H3,(H2,17,18,19);1H. The molecule has 0 aliphatic carbocycles. The number of hydrogen-bond donors (Lipinski definition) is 2. The fourth-order valence-corrected chi connectivity index (χ4v) is 2.51. The third kappa shape index (κ3) is 7.97. The predicted octanol–water partition coefficient (Wildman–Crippen LogP) is 2.32. The molecule has 132 valence electrons. The van der Waals surface area contributed by atoms with Crippen molar-refractivity contribution in [3.8, 4) is 0 Å². The van der Waals surface area contributed by atoms with Crippen LogP contribution in [0.25, 0.3) is 0 Å². The largest absolute Gasteiger partial charge is 0.380 e. The Labute approximate surface area is 153 Å². The van der Waals surface area contributed by atoms with Crippen LogP contribution in [0, 0.1) is 5.41 Å². The lowest BCUT2D eigenvalue weighted by Crippen LogP contribution is -2.52. The van der Waals surface area contributed by atoms with Crippen molar-refractivity contribution in [2.24, 2.45) is 10.4 Å². The van der Waals surface area contributed by atoms with Gasteiger partial charge in [0.1, 0.15) is 0 Å². The van der Waals surface area contributed by atoms with Crippen molar-refractivity contribution in [2.75, 3.05) is 46.4 Å². The van der Waals surface area contributed by atoms with Gasteiger partial charge in [0.2, 0.25) is 0 Å². The molecular weight excluding hydrogens is 391 g/mol. The number of halogens is 1. The van der Waals surface area contributed by atoms with Gasteiger partial charge in [-0.25, -0.2) is 0 Å². The zero-order chi connectivity index (χ0) is 15.7. The van der Waals surface area contributed by atoms with Gasteiger partial charge in [0.15, 0.2) is 5.96 Å². The minimum atomic E-state index is 0. The summed E-state index contributed by atoms with van der Waals surface area (Å²) in [5, 5.41) is 6.89. The maximum absolute atomic E-state index is 5.28. The van der Waals surface area contributed by atoms with Crippen molar-refractivity contribution in [2.45, 2.75) is 46.6 Å². The lowest BCUT2D eigenvalue weighted by Gasteiger charge is -2.38. The van der Waals surface area contributed by atoms with Crippen molar-refractivity contribution >= 4 is 29.9 Å². The summed E-state index contributed by atoms with van der Waals surface area (Å²) in [6, 6.07) is 0.442. The molecule has 1 atom stereocenters. The van der Waals surface area contributed by atoms with E-state index in [2.05, 4.69) is 48.2 Å². The highest BCUT2D eigenvalue weighted by atomic mass is 127. The van der Waals surface area contributed by atoms with Crippen molar-refractivity contribution < 1.29 is 4.74 Å². The molecule has 0 radical (unpaired) electrons. The van der Waals surface area contributed by atoms with Crippen LogP contribution in [0.1, 0.15) is 40.5 Å². The molecule has 0 aromatic carbocycles. The van der Waals surface area contributed by atoms with E-state index in [1.807, 2.05) is 7.05 Å². The van der Waals surface area contributed by atoms with E-state index >= 15 is 0 Å². The second-order valence-electron chi connectivity index (χ2n) is 6.44. The highest BCUT2D eigenvalue weighted by Crippen LogP contribution is 2.24. The second-order valence-corrected chi connectivity index (χ2v) is 6.44. The summed E-state index contributed by atoms with van der Waals surface area (Å²) in [6.07, 6.45) is 2.38. The molecule has 0 aromatic heterocycles. The van der Waals surface area contributed by atoms with Crippen LogP contribution in [0.5, 0.6) is 0 Å². The van der Waals surface area contributed by atoms with E-state index in [9.17, 15) is 0 Å². The van der Waals surface area contributed by atoms with Crippen LogP contribution in [0.3, 0.4) is 0 Å². The van der Waals surface area contributed by atoms with E-state index in [1.54, 1.807) is 0 Å². The number of nitrogens with one attached hydrogen (secondary N) is 2. The van der Waals surface area contributed by atoms with Crippen LogP contribution in [0.15, 0.2) is 4.99 Å². The zero-order valence-electron chi connectivity index (χ0n) is 14.9. The molecule has 0 amide bonds. The number of ether oxygens (including phenoxy) is 1. The van der Waals surface area contributed by atoms with E-state index in [0.29, 0.717) is 6.04 Å². The third-order valence-corrected chi connectivity index (χ3v) is 4.20. The second kappa shape index (κ2) is 11.5. The number of guanidine groups is 1. The zero-order valence-corrected chi connectivity index (χ0v) is 17.3. The van der Waals surface area contributed by atoms with Gasteiger partial charge in [-0.3, -0.25) is 4.99 Å². The third-order valence-electron chi connectivity index (χ3n) is 4.20. The Hall–Kier alpha value is -0.0800. The summed E-state index contributed by atoms with van der Waals surface area (Å²) in [5.74, 6) is 0.901. The normalized spacial score (nSPS) is 18.4. The Bertz CT molecular complexity index is 317. The average molecular weight is 426 g/mol. The Morgan fingerprint density at radius 2 is 1.95 bits per heavy atom. The first-order chi connectivity index (χ1) is 10.0. The lowest BCUT2D eigenvalue weighted by atomic mass is 9.89. The molecular formula is C16H35IN4O. The SMILES string of the molecule is CCN(CC)CCCC(C)NC(=NC)NCC1(C)COC1.I.